The Morgan fingerprint density at radius 2 is 1.62 bits per heavy atom. The molecule has 0 aromatic heterocycles. The van der Waals surface area contributed by atoms with Crippen molar-refractivity contribution < 1.29 is 4.79 Å². The third-order valence-electron chi connectivity index (χ3n) is 5.80. The summed E-state index contributed by atoms with van der Waals surface area (Å²) < 4.78 is 0. The quantitative estimate of drug-likeness (QED) is 0.787. The molecular formula is C20H31ClN4O. The van der Waals surface area contributed by atoms with Gasteiger partial charge in [-0.25, -0.2) is 0 Å². The van der Waals surface area contributed by atoms with E-state index in [0.717, 1.165) is 57.4 Å². The standard InChI is InChI=1S/C20H31ClN4O/c1-3-17(2)23-12-14-25(15-13-23)20(26)16-22-8-10-24(11-9-22)19-6-4-18(21)5-7-19/h4-7,17H,3,8-16H2,1-2H3. The molecule has 144 valence electrons. The van der Waals surface area contributed by atoms with Gasteiger partial charge in [-0.2, -0.15) is 0 Å². The third kappa shape index (κ3) is 4.90. The summed E-state index contributed by atoms with van der Waals surface area (Å²) >= 11 is 5.97. The van der Waals surface area contributed by atoms with E-state index < -0.39 is 0 Å². The lowest BCUT2D eigenvalue weighted by molar-refractivity contribution is -0.134. The normalized spacial score (nSPS) is 21.0. The Morgan fingerprint density at radius 1 is 1.00 bits per heavy atom. The van der Waals surface area contributed by atoms with Crippen LogP contribution in [0.25, 0.3) is 0 Å². The molecule has 3 rings (SSSR count). The van der Waals surface area contributed by atoms with Gasteiger partial charge >= 0.3 is 0 Å². The van der Waals surface area contributed by atoms with Gasteiger partial charge in [-0.1, -0.05) is 18.5 Å². The highest BCUT2D eigenvalue weighted by Crippen LogP contribution is 2.19. The second-order valence-corrected chi connectivity index (χ2v) is 7.85. The Bertz CT molecular complexity index is 578. The first kappa shape index (κ1) is 19.5. The molecule has 0 aliphatic carbocycles. The van der Waals surface area contributed by atoms with Crippen molar-refractivity contribution in [3.05, 3.63) is 29.3 Å². The van der Waals surface area contributed by atoms with Crippen LogP contribution < -0.4 is 4.90 Å². The minimum Gasteiger partial charge on any atom is -0.369 e. The van der Waals surface area contributed by atoms with Crippen LogP contribution in [0.1, 0.15) is 20.3 Å². The summed E-state index contributed by atoms with van der Waals surface area (Å²) in [5.41, 5.74) is 1.21. The predicted octanol–water partition coefficient (Wildman–Crippen LogP) is 2.40. The predicted molar refractivity (Wildman–Crippen MR) is 108 cm³/mol. The second kappa shape index (κ2) is 9.07. The highest BCUT2D eigenvalue weighted by atomic mass is 35.5. The highest BCUT2D eigenvalue weighted by molar-refractivity contribution is 6.30. The van der Waals surface area contributed by atoms with Gasteiger partial charge in [-0.05, 0) is 37.6 Å². The van der Waals surface area contributed by atoms with Crippen molar-refractivity contribution >= 4 is 23.2 Å². The van der Waals surface area contributed by atoms with E-state index in [2.05, 4.69) is 40.7 Å². The third-order valence-corrected chi connectivity index (χ3v) is 6.06. The van der Waals surface area contributed by atoms with Gasteiger partial charge in [0.15, 0.2) is 0 Å². The molecule has 5 nitrogen and oxygen atoms in total. The zero-order valence-corrected chi connectivity index (χ0v) is 16.8. The first-order chi connectivity index (χ1) is 12.6. The molecule has 0 radical (unpaired) electrons. The molecule has 6 heteroatoms. The van der Waals surface area contributed by atoms with Crippen LogP contribution in [-0.4, -0.2) is 85.6 Å². The molecule has 2 fully saturated rings. The van der Waals surface area contributed by atoms with Crippen molar-refractivity contribution in [3.63, 3.8) is 0 Å². The number of amides is 1. The van der Waals surface area contributed by atoms with E-state index in [1.165, 1.54) is 12.1 Å². The van der Waals surface area contributed by atoms with Gasteiger partial charge in [-0.3, -0.25) is 14.6 Å². The van der Waals surface area contributed by atoms with Gasteiger partial charge in [0.05, 0.1) is 6.54 Å². The van der Waals surface area contributed by atoms with Crippen LogP contribution in [0, 0.1) is 0 Å². The summed E-state index contributed by atoms with van der Waals surface area (Å²) in [6, 6.07) is 8.63. The van der Waals surface area contributed by atoms with Gasteiger partial charge in [0.25, 0.3) is 0 Å². The molecular weight excluding hydrogens is 348 g/mol. The molecule has 1 aromatic carbocycles. The van der Waals surface area contributed by atoms with Crippen LogP contribution in [0.4, 0.5) is 5.69 Å². The number of halogens is 1. The molecule has 2 aliphatic heterocycles. The van der Waals surface area contributed by atoms with Gasteiger partial charge in [-0.15, -0.1) is 0 Å². The van der Waals surface area contributed by atoms with Crippen molar-refractivity contribution in [2.45, 2.75) is 26.3 Å². The molecule has 2 saturated heterocycles. The van der Waals surface area contributed by atoms with Crippen molar-refractivity contribution in [2.24, 2.45) is 0 Å². The molecule has 0 N–H and O–H groups in total. The Hall–Kier alpha value is -1.30. The summed E-state index contributed by atoms with van der Waals surface area (Å²) in [6.45, 7) is 12.6. The van der Waals surface area contributed by atoms with Crippen molar-refractivity contribution in [1.29, 1.82) is 0 Å². The van der Waals surface area contributed by atoms with E-state index in [0.29, 0.717) is 12.6 Å². The lowest BCUT2D eigenvalue weighted by Gasteiger charge is -2.40. The zero-order valence-electron chi connectivity index (χ0n) is 16.0. The van der Waals surface area contributed by atoms with Crippen LogP contribution >= 0.6 is 11.6 Å². The molecule has 2 heterocycles. The number of carbonyl (C=O) groups is 1. The number of hydrogen-bond acceptors (Lipinski definition) is 4. The van der Waals surface area contributed by atoms with Crippen LogP contribution in [-0.2, 0) is 4.79 Å². The molecule has 1 unspecified atom stereocenters. The van der Waals surface area contributed by atoms with Crippen molar-refractivity contribution in [2.75, 3.05) is 63.8 Å². The molecule has 1 amide bonds. The van der Waals surface area contributed by atoms with Gasteiger partial charge < -0.3 is 9.80 Å². The van der Waals surface area contributed by atoms with E-state index in [9.17, 15) is 4.79 Å². The smallest absolute Gasteiger partial charge is 0.236 e. The minimum absolute atomic E-state index is 0.286. The average molecular weight is 379 g/mol. The fraction of sp³-hybridized carbons (Fsp3) is 0.650. The second-order valence-electron chi connectivity index (χ2n) is 7.41. The van der Waals surface area contributed by atoms with Crippen molar-refractivity contribution in [1.82, 2.24) is 14.7 Å². The van der Waals surface area contributed by atoms with Gasteiger partial charge in [0.2, 0.25) is 5.91 Å². The monoisotopic (exact) mass is 378 g/mol. The summed E-state index contributed by atoms with van der Waals surface area (Å²) in [7, 11) is 0. The number of piperazine rings is 2. The van der Waals surface area contributed by atoms with E-state index in [4.69, 9.17) is 11.6 Å². The number of carbonyl (C=O) groups excluding carboxylic acids is 1. The van der Waals surface area contributed by atoms with Gasteiger partial charge in [0.1, 0.15) is 0 Å². The largest absolute Gasteiger partial charge is 0.369 e. The van der Waals surface area contributed by atoms with Crippen molar-refractivity contribution in [3.8, 4) is 0 Å². The van der Waals surface area contributed by atoms with Gasteiger partial charge in [0, 0.05) is 69.1 Å². The number of rotatable bonds is 5. The fourth-order valence-corrected chi connectivity index (χ4v) is 3.90. The molecule has 0 saturated carbocycles. The Kier molecular flexibility index (Phi) is 6.79. The summed E-state index contributed by atoms with van der Waals surface area (Å²) in [4.78, 5) is 21.8. The zero-order chi connectivity index (χ0) is 18.5. The van der Waals surface area contributed by atoms with E-state index in [1.54, 1.807) is 0 Å². The highest BCUT2D eigenvalue weighted by Gasteiger charge is 2.26. The first-order valence-electron chi connectivity index (χ1n) is 9.81. The molecule has 1 atom stereocenters. The van der Waals surface area contributed by atoms with Crippen LogP contribution in [0.3, 0.4) is 0 Å². The molecule has 1 aromatic rings. The maximum absolute atomic E-state index is 12.6. The van der Waals surface area contributed by atoms with Crippen LogP contribution in [0.5, 0.6) is 0 Å². The minimum atomic E-state index is 0.286. The molecule has 26 heavy (non-hydrogen) atoms. The number of hydrogen-bond donors (Lipinski definition) is 0. The number of nitrogens with zero attached hydrogens (tertiary/aromatic N) is 4. The average Bonchev–Trinajstić information content (AvgIpc) is 2.69. The molecule has 0 bridgehead atoms. The number of benzene rings is 1. The fourth-order valence-electron chi connectivity index (χ4n) is 3.78. The van der Waals surface area contributed by atoms with Crippen LogP contribution in [0.2, 0.25) is 5.02 Å². The van der Waals surface area contributed by atoms with E-state index in [-0.39, 0.29) is 5.91 Å². The topological polar surface area (TPSA) is 30.0 Å². The maximum Gasteiger partial charge on any atom is 0.236 e. The Labute approximate surface area is 162 Å². The SMILES string of the molecule is CCC(C)N1CCN(C(=O)CN2CCN(c3ccc(Cl)cc3)CC2)CC1. The summed E-state index contributed by atoms with van der Waals surface area (Å²) in [5.74, 6) is 0.286. The molecule has 0 spiro atoms. The summed E-state index contributed by atoms with van der Waals surface area (Å²) in [5, 5.41) is 0.770. The lowest BCUT2D eigenvalue weighted by Crippen LogP contribution is -2.55. The van der Waals surface area contributed by atoms with Crippen LogP contribution in [0.15, 0.2) is 24.3 Å². The Morgan fingerprint density at radius 3 is 2.19 bits per heavy atom. The maximum atomic E-state index is 12.6. The lowest BCUT2D eigenvalue weighted by atomic mass is 10.2. The molecule has 2 aliphatic rings. The van der Waals surface area contributed by atoms with E-state index >= 15 is 0 Å². The number of anilines is 1. The Balaban J connectivity index is 1.42. The first-order valence-corrected chi connectivity index (χ1v) is 10.2. The summed E-state index contributed by atoms with van der Waals surface area (Å²) in [6.07, 6.45) is 1.17. The van der Waals surface area contributed by atoms with E-state index in [1.807, 2.05) is 17.0 Å².